The predicted octanol–water partition coefficient (Wildman–Crippen LogP) is 1.02. The van der Waals surface area contributed by atoms with Crippen LogP contribution in [-0.2, 0) is 4.79 Å². The first kappa shape index (κ1) is 11.4. The van der Waals surface area contributed by atoms with Gasteiger partial charge in [0.25, 0.3) is 5.92 Å². The van der Waals surface area contributed by atoms with Gasteiger partial charge in [-0.25, -0.2) is 8.78 Å². The SMILES string of the molecule is O=C(CCCO)N1CCCC(F)(F)C1. The number of alkyl halides is 2. The van der Waals surface area contributed by atoms with Crippen molar-refractivity contribution in [2.45, 2.75) is 31.6 Å². The van der Waals surface area contributed by atoms with Crippen LogP contribution in [0.15, 0.2) is 0 Å². The Labute approximate surface area is 81.7 Å². The van der Waals surface area contributed by atoms with Crippen molar-refractivity contribution in [3.63, 3.8) is 0 Å². The Balaban J connectivity index is 2.40. The number of amides is 1. The van der Waals surface area contributed by atoms with Gasteiger partial charge in [0.1, 0.15) is 0 Å². The molecule has 1 aliphatic heterocycles. The highest BCUT2D eigenvalue weighted by Crippen LogP contribution is 2.26. The fourth-order valence-electron chi connectivity index (χ4n) is 1.57. The summed E-state index contributed by atoms with van der Waals surface area (Å²) in [7, 11) is 0. The van der Waals surface area contributed by atoms with E-state index < -0.39 is 12.5 Å². The summed E-state index contributed by atoms with van der Waals surface area (Å²) in [5, 5.41) is 8.50. The number of aliphatic hydroxyl groups is 1. The Morgan fingerprint density at radius 2 is 2.21 bits per heavy atom. The predicted molar refractivity (Wildman–Crippen MR) is 47.1 cm³/mol. The molecule has 0 radical (unpaired) electrons. The van der Waals surface area contributed by atoms with Gasteiger partial charge in [0.2, 0.25) is 5.91 Å². The van der Waals surface area contributed by atoms with E-state index in [2.05, 4.69) is 0 Å². The molecule has 1 N–H and O–H groups in total. The third kappa shape index (κ3) is 3.21. The molecule has 1 aliphatic rings. The maximum Gasteiger partial charge on any atom is 0.265 e. The molecule has 0 atom stereocenters. The van der Waals surface area contributed by atoms with Gasteiger partial charge >= 0.3 is 0 Å². The van der Waals surface area contributed by atoms with E-state index in [0.717, 1.165) is 0 Å². The number of hydrogen-bond donors (Lipinski definition) is 1. The van der Waals surface area contributed by atoms with Gasteiger partial charge in [0.15, 0.2) is 0 Å². The molecule has 3 nitrogen and oxygen atoms in total. The minimum absolute atomic E-state index is 0.0734. The average Bonchev–Trinajstić information content (AvgIpc) is 2.12. The molecule has 1 amide bonds. The number of rotatable bonds is 3. The third-order valence-corrected chi connectivity index (χ3v) is 2.29. The van der Waals surface area contributed by atoms with Crippen LogP contribution >= 0.6 is 0 Å². The third-order valence-electron chi connectivity index (χ3n) is 2.29. The van der Waals surface area contributed by atoms with Crippen LogP contribution in [0.3, 0.4) is 0 Å². The average molecular weight is 207 g/mol. The number of halogens is 2. The van der Waals surface area contributed by atoms with Crippen LogP contribution in [0.4, 0.5) is 8.78 Å². The highest BCUT2D eigenvalue weighted by molar-refractivity contribution is 5.76. The lowest BCUT2D eigenvalue weighted by atomic mass is 10.1. The topological polar surface area (TPSA) is 40.5 Å². The maximum atomic E-state index is 12.9. The molecule has 1 saturated heterocycles. The molecule has 1 heterocycles. The summed E-state index contributed by atoms with van der Waals surface area (Å²) >= 11 is 0. The van der Waals surface area contributed by atoms with E-state index in [-0.39, 0.29) is 25.4 Å². The number of likely N-dealkylation sites (tertiary alicyclic amines) is 1. The molecular formula is C9H15F2NO2. The van der Waals surface area contributed by atoms with Crippen LogP contribution in [0.1, 0.15) is 25.7 Å². The summed E-state index contributed by atoms with van der Waals surface area (Å²) in [6.45, 7) is -0.118. The van der Waals surface area contributed by atoms with Gasteiger partial charge in [0.05, 0.1) is 6.54 Å². The lowest BCUT2D eigenvalue weighted by Gasteiger charge is -2.32. The van der Waals surface area contributed by atoms with Gasteiger partial charge in [-0.2, -0.15) is 0 Å². The van der Waals surface area contributed by atoms with E-state index in [1.54, 1.807) is 0 Å². The van der Waals surface area contributed by atoms with Crippen molar-refractivity contribution in [2.24, 2.45) is 0 Å². The minimum Gasteiger partial charge on any atom is -0.396 e. The molecule has 0 aliphatic carbocycles. The normalized spacial score (nSPS) is 20.9. The Bertz CT molecular complexity index is 209. The van der Waals surface area contributed by atoms with E-state index in [1.165, 1.54) is 4.90 Å². The molecule has 0 bridgehead atoms. The van der Waals surface area contributed by atoms with Gasteiger partial charge in [-0.05, 0) is 12.8 Å². The van der Waals surface area contributed by atoms with E-state index in [0.29, 0.717) is 19.4 Å². The summed E-state index contributed by atoms with van der Waals surface area (Å²) in [6, 6.07) is 0. The summed E-state index contributed by atoms with van der Waals surface area (Å²) in [5.41, 5.74) is 0. The van der Waals surface area contributed by atoms with Crippen LogP contribution in [-0.4, -0.2) is 41.5 Å². The van der Waals surface area contributed by atoms with Crippen molar-refractivity contribution in [3.05, 3.63) is 0 Å². The molecule has 14 heavy (non-hydrogen) atoms. The maximum absolute atomic E-state index is 12.9. The van der Waals surface area contributed by atoms with Crippen LogP contribution < -0.4 is 0 Å². The minimum atomic E-state index is -2.73. The summed E-state index contributed by atoms with van der Waals surface area (Å²) in [6.07, 6.45) is 0.738. The molecule has 5 heteroatoms. The van der Waals surface area contributed by atoms with Gasteiger partial charge in [-0.1, -0.05) is 0 Å². The number of carbonyl (C=O) groups excluding carboxylic acids is 1. The van der Waals surface area contributed by atoms with E-state index in [9.17, 15) is 13.6 Å². The number of carbonyl (C=O) groups is 1. The number of piperidine rings is 1. The lowest BCUT2D eigenvalue weighted by Crippen LogP contribution is -2.45. The zero-order valence-corrected chi connectivity index (χ0v) is 8.01. The quantitative estimate of drug-likeness (QED) is 0.750. The Morgan fingerprint density at radius 3 is 2.79 bits per heavy atom. The molecular weight excluding hydrogens is 192 g/mol. The molecule has 0 aromatic rings. The highest BCUT2D eigenvalue weighted by atomic mass is 19.3. The molecule has 0 aromatic carbocycles. The largest absolute Gasteiger partial charge is 0.396 e. The summed E-state index contributed by atoms with van der Waals surface area (Å²) in [5.74, 6) is -3.01. The van der Waals surface area contributed by atoms with Gasteiger partial charge in [-0.3, -0.25) is 4.79 Å². The Hall–Kier alpha value is -0.710. The fourth-order valence-corrected chi connectivity index (χ4v) is 1.57. The number of nitrogens with zero attached hydrogens (tertiary/aromatic N) is 1. The number of hydrogen-bond acceptors (Lipinski definition) is 2. The van der Waals surface area contributed by atoms with Crippen molar-refractivity contribution in [3.8, 4) is 0 Å². The molecule has 0 spiro atoms. The molecule has 82 valence electrons. The van der Waals surface area contributed by atoms with Crippen LogP contribution in [0, 0.1) is 0 Å². The van der Waals surface area contributed by atoms with E-state index in [4.69, 9.17) is 5.11 Å². The Morgan fingerprint density at radius 1 is 1.50 bits per heavy atom. The highest BCUT2D eigenvalue weighted by Gasteiger charge is 2.36. The van der Waals surface area contributed by atoms with Crippen molar-refractivity contribution >= 4 is 5.91 Å². The van der Waals surface area contributed by atoms with Crippen molar-refractivity contribution in [2.75, 3.05) is 19.7 Å². The van der Waals surface area contributed by atoms with Crippen LogP contribution in [0.2, 0.25) is 0 Å². The molecule has 1 fully saturated rings. The summed E-state index contributed by atoms with van der Waals surface area (Å²) in [4.78, 5) is 12.5. The first-order chi connectivity index (χ1) is 6.55. The first-order valence-electron chi connectivity index (χ1n) is 4.82. The summed E-state index contributed by atoms with van der Waals surface area (Å²) < 4.78 is 25.8. The standard InChI is InChI=1S/C9H15F2NO2/c10-9(11)4-2-5-12(7-9)8(14)3-1-6-13/h13H,1-7H2. The number of aliphatic hydroxyl groups excluding tert-OH is 1. The van der Waals surface area contributed by atoms with Crippen molar-refractivity contribution in [1.29, 1.82) is 0 Å². The second-order valence-electron chi connectivity index (χ2n) is 3.60. The molecule has 0 aromatic heterocycles. The molecule has 1 rings (SSSR count). The zero-order chi connectivity index (χ0) is 10.6. The zero-order valence-electron chi connectivity index (χ0n) is 8.01. The Kier molecular flexibility index (Phi) is 3.80. The van der Waals surface area contributed by atoms with Gasteiger partial charge in [-0.15, -0.1) is 0 Å². The van der Waals surface area contributed by atoms with Crippen molar-refractivity contribution in [1.82, 2.24) is 4.90 Å². The van der Waals surface area contributed by atoms with Crippen LogP contribution in [0.25, 0.3) is 0 Å². The first-order valence-corrected chi connectivity index (χ1v) is 4.82. The van der Waals surface area contributed by atoms with E-state index in [1.807, 2.05) is 0 Å². The van der Waals surface area contributed by atoms with Crippen molar-refractivity contribution < 1.29 is 18.7 Å². The molecule has 0 saturated carbocycles. The lowest BCUT2D eigenvalue weighted by molar-refractivity contribution is -0.141. The molecule has 0 unspecified atom stereocenters. The fraction of sp³-hybridized carbons (Fsp3) is 0.889. The second-order valence-corrected chi connectivity index (χ2v) is 3.60. The van der Waals surface area contributed by atoms with E-state index >= 15 is 0 Å². The monoisotopic (exact) mass is 207 g/mol. The second kappa shape index (κ2) is 4.68. The van der Waals surface area contributed by atoms with Gasteiger partial charge < -0.3 is 10.0 Å². The van der Waals surface area contributed by atoms with Gasteiger partial charge in [0, 0.05) is 26.0 Å². The smallest absolute Gasteiger partial charge is 0.265 e. The van der Waals surface area contributed by atoms with Crippen LogP contribution in [0.5, 0.6) is 0 Å².